The van der Waals surface area contributed by atoms with Gasteiger partial charge in [-0.25, -0.2) is 0 Å². The smallest absolute Gasteiger partial charge is 0.253 e. The maximum atomic E-state index is 12.1. The highest BCUT2D eigenvalue weighted by molar-refractivity contribution is 14.0. The Kier molecular flexibility index (Phi) is 12.1. The zero-order chi connectivity index (χ0) is 21.1. The molecule has 0 heterocycles. The first-order chi connectivity index (χ1) is 14.0. The van der Waals surface area contributed by atoms with Gasteiger partial charge in [0.25, 0.3) is 5.91 Å². The van der Waals surface area contributed by atoms with Crippen molar-refractivity contribution >= 4 is 35.8 Å². The molecule has 6 nitrogen and oxygen atoms in total. The van der Waals surface area contributed by atoms with E-state index in [1.54, 1.807) is 19.0 Å². The van der Waals surface area contributed by atoms with Crippen LogP contribution in [0.1, 0.15) is 28.4 Å². The fourth-order valence-corrected chi connectivity index (χ4v) is 2.93. The summed E-state index contributed by atoms with van der Waals surface area (Å²) in [6.07, 6.45) is 0.823. The molecule has 0 aliphatic heterocycles. The lowest BCUT2D eigenvalue weighted by Crippen LogP contribution is -2.39. The third-order valence-corrected chi connectivity index (χ3v) is 4.40. The van der Waals surface area contributed by atoms with Crippen LogP contribution >= 0.6 is 24.0 Å². The number of carbonyl (C=O) groups excluding carboxylic acids is 1. The van der Waals surface area contributed by atoms with Crippen molar-refractivity contribution in [2.75, 3.05) is 33.7 Å². The number of aliphatic hydroxyl groups is 1. The average Bonchev–Trinajstić information content (AvgIpc) is 2.72. The van der Waals surface area contributed by atoms with Crippen LogP contribution in [0, 0.1) is 0 Å². The number of hydrogen-bond donors (Lipinski definition) is 3. The van der Waals surface area contributed by atoms with E-state index in [1.165, 1.54) is 0 Å². The standard InChI is InChI=1S/C23H32N4O2.HI/c1-4-24-23(26-17-21(28)16-18-9-6-5-7-10-18)25-14-13-19-11-8-12-20(15-19)22(29)27(2)3;/h5-12,15,21,28H,4,13-14,16-17H2,1-3H3,(H2,24,25,26);1H. The SMILES string of the molecule is CCNC(=NCC(O)Cc1ccccc1)NCCc1cccc(C(=O)N(C)C)c1.I. The summed E-state index contributed by atoms with van der Waals surface area (Å²) >= 11 is 0. The minimum atomic E-state index is -0.526. The normalized spacial score (nSPS) is 11.9. The molecule has 0 radical (unpaired) electrons. The minimum Gasteiger partial charge on any atom is -0.391 e. The van der Waals surface area contributed by atoms with Crippen LogP contribution in [0.25, 0.3) is 0 Å². The van der Waals surface area contributed by atoms with Gasteiger partial charge in [-0.2, -0.15) is 0 Å². The van der Waals surface area contributed by atoms with E-state index >= 15 is 0 Å². The number of amides is 1. The molecule has 0 bridgehead atoms. The summed E-state index contributed by atoms with van der Waals surface area (Å²) in [7, 11) is 3.50. The van der Waals surface area contributed by atoms with Gasteiger partial charge in [-0.05, 0) is 36.6 Å². The van der Waals surface area contributed by atoms with Gasteiger partial charge < -0.3 is 20.6 Å². The van der Waals surface area contributed by atoms with Gasteiger partial charge in [0, 0.05) is 39.2 Å². The van der Waals surface area contributed by atoms with Gasteiger partial charge in [-0.1, -0.05) is 42.5 Å². The number of nitrogens with zero attached hydrogens (tertiary/aromatic N) is 2. The van der Waals surface area contributed by atoms with Crippen molar-refractivity contribution in [3.8, 4) is 0 Å². The Hall–Kier alpha value is -2.13. The Balaban J connectivity index is 0.00000450. The Morgan fingerprint density at radius 2 is 1.77 bits per heavy atom. The largest absolute Gasteiger partial charge is 0.391 e. The number of rotatable bonds is 9. The van der Waals surface area contributed by atoms with E-state index in [0.717, 1.165) is 24.1 Å². The van der Waals surface area contributed by atoms with Gasteiger partial charge in [-0.3, -0.25) is 9.79 Å². The molecule has 0 fully saturated rings. The van der Waals surface area contributed by atoms with E-state index < -0.39 is 6.10 Å². The molecule has 0 saturated heterocycles. The fourth-order valence-electron chi connectivity index (χ4n) is 2.93. The van der Waals surface area contributed by atoms with Crippen molar-refractivity contribution in [2.45, 2.75) is 25.9 Å². The Morgan fingerprint density at radius 3 is 2.43 bits per heavy atom. The maximum Gasteiger partial charge on any atom is 0.253 e. The summed E-state index contributed by atoms with van der Waals surface area (Å²) in [5, 5.41) is 16.7. The molecular formula is C23H33IN4O2. The van der Waals surface area contributed by atoms with Crippen molar-refractivity contribution in [1.29, 1.82) is 0 Å². The molecule has 7 heteroatoms. The molecule has 1 atom stereocenters. The zero-order valence-corrected chi connectivity index (χ0v) is 20.3. The first kappa shape index (κ1) is 25.9. The molecule has 2 aromatic carbocycles. The number of hydrogen-bond acceptors (Lipinski definition) is 3. The Bertz CT molecular complexity index is 797. The summed E-state index contributed by atoms with van der Waals surface area (Å²) in [5.74, 6) is 0.683. The third kappa shape index (κ3) is 9.13. The number of guanidine groups is 1. The van der Waals surface area contributed by atoms with E-state index in [4.69, 9.17) is 0 Å². The van der Waals surface area contributed by atoms with Crippen molar-refractivity contribution in [3.63, 3.8) is 0 Å². The average molecular weight is 524 g/mol. The van der Waals surface area contributed by atoms with Crippen LogP contribution in [0.5, 0.6) is 0 Å². The molecule has 0 aromatic heterocycles. The summed E-state index contributed by atoms with van der Waals surface area (Å²) in [4.78, 5) is 18.2. The first-order valence-electron chi connectivity index (χ1n) is 10.0. The zero-order valence-electron chi connectivity index (χ0n) is 18.0. The Labute approximate surface area is 196 Å². The highest BCUT2D eigenvalue weighted by atomic mass is 127. The Morgan fingerprint density at radius 1 is 1.07 bits per heavy atom. The fraction of sp³-hybridized carbons (Fsp3) is 0.391. The second kappa shape index (κ2) is 14.0. The summed E-state index contributed by atoms with van der Waals surface area (Å²) in [6, 6.07) is 17.6. The lowest BCUT2D eigenvalue weighted by Gasteiger charge is -2.14. The maximum absolute atomic E-state index is 12.1. The van der Waals surface area contributed by atoms with Crippen LogP contribution in [0.3, 0.4) is 0 Å². The van der Waals surface area contributed by atoms with E-state index in [-0.39, 0.29) is 29.9 Å². The quantitative estimate of drug-likeness (QED) is 0.268. The van der Waals surface area contributed by atoms with E-state index in [0.29, 0.717) is 31.0 Å². The topological polar surface area (TPSA) is 77.0 Å². The number of halogens is 1. The van der Waals surface area contributed by atoms with Crippen molar-refractivity contribution in [1.82, 2.24) is 15.5 Å². The minimum absolute atomic E-state index is 0. The van der Waals surface area contributed by atoms with Crippen LogP contribution < -0.4 is 10.6 Å². The van der Waals surface area contributed by atoms with Gasteiger partial charge in [-0.15, -0.1) is 24.0 Å². The second-order valence-corrected chi connectivity index (χ2v) is 7.14. The molecule has 2 aromatic rings. The van der Waals surface area contributed by atoms with Crippen molar-refractivity contribution < 1.29 is 9.90 Å². The molecule has 0 spiro atoms. The molecule has 1 unspecified atom stereocenters. The monoisotopic (exact) mass is 524 g/mol. The van der Waals surface area contributed by atoms with Crippen LogP contribution in [-0.4, -0.2) is 61.7 Å². The van der Waals surface area contributed by atoms with Gasteiger partial charge >= 0.3 is 0 Å². The number of nitrogens with one attached hydrogen (secondary N) is 2. The molecule has 0 saturated carbocycles. The molecule has 3 N–H and O–H groups in total. The number of aliphatic hydroxyl groups excluding tert-OH is 1. The summed E-state index contributed by atoms with van der Waals surface area (Å²) in [6.45, 7) is 3.76. The molecule has 0 aliphatic rings. The van der Waals surface area contributed by atoms with E-state index in [1.807, 2.05) is 61.5 Å². The van der Waals surface area contributed by atoms with Gasteiger partial charge in [0.05, 0.1) is 12.6 Å². The molecule has 164 valence electrons. The number of carbonyl (C=O) groups is 1. The van der Waals surface area contributed by atoms with Crippen molar-refractivity contribution in [2.24, 2.45) is 4.99 Å². The van der Waals surface area contributed by atoms with Crippen LogP contribution in [0.4, 0.5) is 0 Å². The number of aliphatic imine (C=N–C) groups is 1. The second-order valence-electron chi connectivity index (χ2n) is 7.14. The van der Waals surface area contributed by atoms with Gasteiger partial charge in [0.1, 0.15) is 0 Å². The van der Waals surface area contributed by atoms with Crippen LogP contribution in [-0.2, 0) is 12.8 Å². The highest BCUT2D eigenvalue weighted by Gasteiger charge is 2.09. The number of benzene rings is 2. The summed E-state index contributed by atoms with van der Waals surface area (Å²) in [5.41, 5.74) is 2.88. The molecule has 30 heavy (non-hydrogen) atoms. The van der Waals surface area contributed by atoms with Gasteiger partial charge in [0.2, 0.25) is 0 Å². The summed E-state index contributed by atoms with van der Waals surface area (Å²) < 4.78 is 0. The molecule has 2 rings (SSSR count). The van der Waals surface area contributed by atoms with Crippen LogP contribution in [0.15, 0.2) is 59.6 Å². The predicted molar refractivity (Wildman–Crippen MR) is 134 cm³/mol. The lowest BCUT2D eigenvalue weighted by atomic mass is 10.1. The van der Waals surface area contributed by atoms with E-state index in [9.17, 15) is 9.90 Å². The van der Waals surface area contributed by atoms with E-state index in [2.05, 4.69) is 15.6 Å². The van der Waals surface area contributed by atoms with Crippen LogP contribution in [0.2, 0.25) is 0 Å². The molecule has 0 aliphatic carbocycles. The lowest BCUT2D eigenvalue weighted by molar-refractivity contribution is 0.0827. The van der Waals surface area contributed by atoms with Crippen molar-refractivity contribution in [3.05, 3.63) is 71.3 Å². The third-order valence-electron chi connectivity index (χ3n) is 4.40. The predicted octanol–water partition coefficient (Wildman–Crippen LogP) is 2.71. The first-order valence-corrected chi connectivity index (χ1v) is 10.0. The molecule has 1 amide bonds. The highest BCUT2D eigenvalue weighted by Crippen LogP contribution is 2.08. The molecular weight excluding hydrogens is 491 g/mol. The van der Waals surface area contributed by atoms with Gasteiger partial charge in [0.15, 0.2) is 5.96 Å².